The van der Waals surface area contributed by atoms with Crippen molar-refractivity contribution in [3.05, 3.63) is 146 Å². The number of rotatable bonds is 6. The Bertz CT molecular complexity index is 1690. The average Bonchev–Trinajstić information content (AvgIpc) is 3.11. The van der Waals surface area contributed by atoms with Crippen molar-refractivity contribution in [3.63, 3.8) is 0 Å². The number of anilines is 3. The van der Waals surface area contributed by atoms with E-state index in [1.54, 1.807) is 12.4 Å². The molecule has 0 spiro atoms. The summed E-state index contributed by atoms with van der Waals surface area (Å²) in [6.07, 6.45) is 3.58. The summed E-state index contributed by atoms with van der Waals surface area (Å²) in [5.74, 6) is -2.17. The summed E-state index contributed by atoms with van der Waals surface area (Å²) >= 11 is 0. The summed E-state index contributed by atoms with van der Waals surface area (Å²) < 4.78 is 0. The second-order valence-corrected chi connectivity index (χ2v) is 9.59. The Hall–Kier alpha value is -5.57. The SMILES string of the molecule is CC(=O)[O-].CC(=O)[O-].CO.[Zn+2].c1ccc(N(c2ccccc2)c2ccc(-c3cc(-c4ccccn4)nc(-c4ccccn4)c3)cc2)cc1. The Morgan fingerprint density at radius 2 is 0.875 bits per heavy atom. The number of carboxylic acids is 2. The molecule has 1 N–H and O–H groups in total. The minimum atomic E-state index is -1.08. The number of para-hydroxylation sites is 2. The van der Waals surface area contributed by atoms with Gasteiger partial charge in [0, 0.05) is 48.5 Å². The van der Waals surface area contributed by atoms with Gasteiger partial charge in [0.05, 0.1) is 22.8 Å². The number of hydrogen-bond acceptors (Lipinski definition) is 9. The molecule has 0 saturated heterocycles. The Morgan fingerprint density at radius 1 is 0.521 bits per heavy atom. The van der Waals surface area contributed by atoms with E-state index >= 15 is 0 Å². The molecule has 48 heavy (non-hydrogen) atoms. The number of pyridine rings is 3. The van der Waals surface area contributed by atoms with Gasteiger partial charge in [-0.3, -0.25) is 9.97 Å². The summed E-state index contributed by atoms with van der Waals surface area (Å²) in [6, 6.07) is 45.4. The van der Waals surface area contributed by atoms with Crippen molar-refractivity contribution in [1.29, 1.82) is 0 Å². The molecule has 0 radical (unpaired) electrons. The molecule has 9 nitrogen and oxygen atoms in total. The van der Waals surface area contributed by atoms with E-state index in [4.69, 9.17) is 29.9 Å². The molecule has 0 bridgehead atoms. The van der Waals surface area contributed by atoms with Crippen LogP contribution in [-0.4, -0.2) is 39.1 Å². The van der Waals surface area contributed by atoms with Crippen LogP contribution in [0.3, 0.4) is 0 Å². The van der Waals surface area contributed by atoms with Crippen LogP contribution in [0.25, 0.3) is 33.9 Å². The van der Waals surface area contributed by atoms with Gasteiger partial charge in [0.1, 0.15) is 0 Å². The molecule has 6 rings (SSSR count). The van der Waals surface area contributed by atoms with Crippen molar-refractivity contribution in [1.82, 2.24) is 15.0 Å². The molecule has 0 aliphatic rings. The van der Waals surface area contributed by atoms with Crippen molar-refractivity contribution >= 4 is 29.0 Å². The fraction of sp³-hybridized carbons (Fsp3) is 0.0789. The van der Waals surface area contributed by atoms with Crippen LogP contribution in [0, 0.1) is 0 Å². The minimum Gasteiger partial charge on any atom is -0.550 e. The van der Waals surface area contributed by atoms with Crippen molar-refractivity contribution in [2.24, 2.45) is 0 Å². The third-order valence-corrected chi connectivity index (χ3v) is 6.17. The number of carbonyl (C=O) groups excluding carboxylic acids is 2. The van der Waals surface area contributed by atoms with Gasteiger partial charge in [0.2, 0.25) is 0 Å². The van der Waals surface area contributed by atoms with Crippen LogP contribution in [-0.2, 0) is 29.1 Å². The number of aliphatic hydroxyl groups is 1. The van der Waals surface area contributed by atoms with Gasteiger partial charge < -0.3 is 29.8 Å². The summed E-state index contributed by atoms with van der Waals surface area (Å²) in [7, 11) is 1.00. The summed E-state index contributed by atoms with van der Waals surface area (Å²) in [6.45, 7) is 1.94. The number of hydrogen-bond donors (Lipinski definition) is 1. The zero-order valence-electron chi connectivity index (χ0n) is 26.9. The van der Waals surface area contributed by atoms with E-state index in [1.807, 2.05) is 48.5 Å². The molecule has 238 valence electrons. The van der Waals surface area contributed by atoms with Crippen LogP contribution in [0.4, 0.5) is 17.1 Å². The molecule has 0 aliphatic heterocycles. The molecular formula is C38H34N4O5Zn. The first-order valence-electron chi connectivity index (χ1n) is 14.5. The first-order chi connectivity index (χ1) is 22.8. The van der Waals surface area contributed by atoms with Crippen LogP contribution in [0.1, 0.15) is 13.8 Å². The molecule has 3 heterocycles. The summed E-state index contributed by atoms with van der Waals surface area (Å²) in [5.41, 5.74) is 8.77. The zero-order valence-corrected chi connectivity index (χ0v) is 29.9. The van der Waals surface area contributed by atoms with Crippen LogP contribution in [0.15, 0.2) is 146 Å². The fourth-order valence-electron chi connectivity index (χ4n) is 4.39. The molecular weight excluding hydrogens is 658 g/mol. The first kappa shape index (κ1) is 38.6. The number of aromatic nitrogens is 3. The third kappa shape index (κ3) is 12.0. The van der Waals surface area contributed by atoms with E-state index in [0.717, 1.165) is 71.9 Å². The topological polar surface area (TPSA) is 142 Å². The summed E-state index contributed by atoms with van der Waals surface area (Å²) in [4.78, 5) is 34.0. The molecule has 3 aromatic heterocycles. The molecule has 10 heteroatoms. The number of carbonyl (C=O) groups is 2. The normalized spacial score (nSPS) is 9.42. The Labute approximate surface area is 293 Å². The van der Waals surface area contributed by atoms with E-state index in [9.17, 15) is 0 Å². The van der Waals surface area contributed by atoms with Crippen LogP contribution in [0.5, 0.6) is 0 Å². The number of carboxylic acid groups (broad SMARTS) is 2. The van der Waals surface area contributed by atoms with Crippen LogP contribution >= 0.6 is 0 Å². The largest absolute Gasteiger partial charge is 2.00 e. The molecule has 6 aromatic rings. The first-order valence-corrected chi connectivity index (χ1v) is 14.5. The monoisotopic (exact) mass is 690 g/mol. The van der Waals surface area contributed by atoms with Crippen molar-refractivity contribution < 1.29 is 44.4 Å². The maximum Gasteiger partial charge on any atom is 2.00 e. The van der Waals surface area contributed by atoms with E-state index in [1.165, 1.54) is 0 Å². The maximum atomic E-state index is 8.89. The fourth-order valence-corrected chi connectivity index (χ4v) is 4.39. The van der Waals surface area contributed by atoms with Gasteiger partial charge in [0.25, 0.3) is 0 Å². The second-order valence-electron chi connectivity index (χ2n) is 9.59. The molecule has 0 saturated carbocycles. The van der Waals surface area contributed by atoms with E-state index in [-0.39, 0.29) is 19.5 Å². The minimum absolute atomic E-state index is 0. The Balaban J connectivity index is 0.000000649. The van der Waals surface area contributed by atoms with Gasteiger partial charge in [-0.25, -0.2) is 4.98 Å². The number of aliphatic hydroxyl groups excluding tert-OH is 1. The van der Waals surface area contributed by atoms with Crippen molar-refractivity contribution in [2.45, 2.75) is 13.8 Å². The quantitative estimate of drug-likeness (QED) is 0.225. The van der Waals surface area contributed by atoms with E-state index < -0.39 is 11.9 Å². The molecule has 0 atom stereocenters. The van der Waals surface area contributed by atoms with Gasteiger partial charge in [-0.15, -0.1) is 0 Å². The average molecular weight is 692 g/mol. The number of nitrogens with zero attached hydrogens (tertiary/aromatic N) is 4. The van der Waals surface area contributed by atoms with Crippen molar-refractivity contribution in [3.8, 4) is 33.9 Å². The van der Waals surface area contributed by atoms with Gasteiger partial charge in [-0.1, -0.05) is 60.7 Å². The standard InChI is InChI=1S/C33H24N4.2C2H4O2.CH4O.Zn/c1-3-11-27(12-4-1)37(28-13-5-2-6-14-28)29-19-17-25(18-20-29)26-23-32(30-15-7-9-21-34-30)36-33(24-26)31-16-8-10-22-35-31;2*1-2(3)4;1-2;/h1-24H;2*1H3,(H,3,4);2H,1H3;/q;;;;+2/p-2. The molecule has 0 fully saturated rings. The van der Waals surface area contributed by atoms with Crippen LogP contribution in [0.2, 0.25) is 0 Å². The molecule has 3 aromatic carbocycles. The van der Waals surface area contributed by atoms with Gasteiger partial charge in [-0.05, 0) is 97.8 Å². The molecule has 0 aliphatic carbocycles. The molecule has 0 amide bonds. The Morgan fingerprint density at radius 3 is 1.23 bits per heavy atom. The van der Waals surface area contributed by atoms with E-state index in [2.05, 4.69) is 99.8 Å². The third-order valence-electron chi connectivity index (χ3n) is 6.17. The van der Waals surface area contributed by atoms with Crippen LogP contribution < -0.4 is 15.1 Å². The number of benzene rings is 3. The molecule has 0 unspecified atom stereocenters. The van der Waals surface area contributed by atoms with Gasteiger partial charge >= 0.3 is 19.5 Å². The van der Waals surface area contributed by atoms with E-state index in [0.29, 0.717) is 0 Å². The predicted octanol–water partition coefficient (Wildman–Crippen LogP) is 5.46. The summed E-state index contributed by atoms with van der Waals surface area (Å²) in [5, 5.41) is 24.8. The zero-order chi connectivity index (χ0) is 34.0. The van der Waals surface area contributed by atoms with Gasteiger partial charge in [0.15, 0.2) is 0 Å². The van der Waals surface area contributed by atoms with Gasteiger partial charge in [-0.2, -0.15) is 0 Å². The smallest absolute Gasteiger partial charge is 0.550 e. The van der Waals surface area contributed by atoms with Crippen molar-refractivity contribution in [2.75, 3.05) is 12.0 Å². The predicted molar refractivity (Wildman–Crippen MR) is 180 cm³/mol. The second kappa shape index (κ2) is 20.5. The Kier molecular flexibility index (Phi) is 16.5. The maximum absolute atomic E-state index is 8.89. The number of aliphatic carboxylic acids is 2.